The first-order chi connectivity index (χ1) is 13.5. The summed E-state index contributed by atoms with van der Waals surface area (Å²) in [6.07, 6.45) is 4.55. The number of benzene rings is 2. The molecule has 0 bridgehead atoms. The van der Waals surface area contributed by atoms with Crippen LogP contribution in [0.4, 0.5) is 5.69 Å². The first-order valence-corrected chi connectivity index (χ1v) is 9.27. The van der Waals surface area contributed by atoms with Gasteiger partial charge in [-0.15, -0.1) is 0 Å². The van der Waals surface area contributed by atoms with Crippen LogP contribution in [0, 0.1) is 0 Å². The number of anilines is 1. The van der Waals surface area contributed by atoms with Gasteiger partial charge < -0.3 is 15.4 Å². The van der Waals surface area contributed by atoms with E-state index >= 15 is 0 Å². The lowest BCUT2D eigenvalue weighted by molar-refractivity contribution is 0.415. The summed E-state index contributed by atoms with van der Waals surface area (Å²) in [5, 5.41) is 0.545. The zero-order chi connectivity index (χ0) is 20.1. The lowest BCUT2D eigenvalue weighted by Gasteiger charge is -2.12. The molecule has 2 aromatic carbocycles. The highest BCUT2D eigenvalue weighted by atomic mass is 16.5. The average Bonchev–Trinajstić information content (AvgIpc) is 2.71. The molecule has 2 N–H and O–H groups in total. The summed E-state index contributed by atoms with van der Waals surface area (Å²) in [4.78, 5) is 19.8. The number of rotatable bonds is 7. The predicted molar refractivity (Wildman–Crippen MR) is 116 cm³/mol. The van der Waals surface area contributed by atoms with Crippen LogP contribution in [0.15, 0.2) is 47.3 Å². The molecule has 1 aromatic heterocycles. The van der Waals surface area contributed by atoms with Crippen molar-refractivity contribution in [3.63, 3.8) is 0 Å². The van der Waals surface area contributed by atoms with Crippen LogP contribution in [0.25, 0.3) is 23.1 Å². The molecule has 0 spiro atoms. The van der Waals surface area contributed by atoms with Crippen molar-refractivity contribution >= 4 is 28.7 Å². The minimum Gasteiger partial charge on any atom is -0.497 e. The molecule has 28 heavy (non-hydrogen) atoms. The van der Waals surface area contributed by atoms with Gasteiger partial charge in [-0.3, -0.25) is 9.36 Å². The van der Waals surface area contributed by atoms with E-state index < -0.39 is 0 Å². The molecule has 0 aliphatic heterocycles. The third kappa shape index (κ3) is 4.23. The van der Waals surface area contributed by atoms with E-state index in [0.29, 0.717) is 42.0 Å². The van der Waals surface area contributed by atoms with Gasteiger partial charge in [0.1, 0.15) is 11.6 Å². The largest absolute Gasteiger partial charge is 0.497 e. The maximum Gasteiger partial charge on any atom is 0.261 e. The van der Waals surface area contributed by atoms with Gasteiger partial charge in [-0.1, -0.05) is 18.2 Å². The maximum atomic E-state index is 13.0. The molecular weight excluding hydrogens is 352 g/mol. The topological polar surface area (TPSA) is 73.4 Å². The number of nitrogens with two attached hydrogens (primary N) is 1. The van der Waals surface area contributed by atoms with Crippen LogP contribution in [-0.2, 0) is 6.54 Å². The standard InChI is InChI=1S/C22H26N4O2/c1-25(2)17-8-5-16(6-9-17)7-12-21-24-20-11-10-18(28-3)15-19(20)22(27)26(21)14-4-13-23/h5-12,15H,4,13-14,23H2,1-3H3. The van der Waals surface area contributed by atoms with Crippen LogP contribution in [-0.4, -0.2) is 37.3 Å². The third-order valence-corrected chi connectivity index (χ3v) is 4.61. The van der Waals surface area contributed by atoms with Gasteiger partial charge in [0.2, 0.25) is 0 Å². The Morgan fingerprint density at radius 1 is 1.14 bits per heavy atom. The van der Waals surface area contributed by atoms with E-state index in [4.69, 9.17) is 15.5 Å². The van der Waals surface area contributed by atoms with Crippen molar-refractivity contribution in [1.82, 2.24) is 9.55 Å². The van der Waals surface area contributed by atoms with Crippen molar-refractivity contribution < 1.29 is 4.74 Å². The quantitative estimate of drug-likeness (QED) is 0.684. The fraction of sp³-hybridized carbons (Fsp3) is 0.273. The Balaban J connectivity index is 2.03. The summed E-state index contributed by atoms with van der Waals surface area (Å²) in [5.41, 5.74) is 8.40. The van der Waals surface area contributed by atoms with E-state index in [1.165, 1.54) is 0 Å². The molecule has 6 nitrogen and oxygen atoms in total. The normalized spacial score (nSPS) is 11.3. The molecule has 0 saturated heterocycles. The number of methoxy groups -OCH3 is 1. The van der Waals surface area contributed by atoms with Crippen molar-refractivity contribution in [1.29, 1.82) is 0 Å². The molecule has 0 aliphatic carbocycles. The van der Waals surface area contributed by atoms with E-state index in [1.54, 1.807) is 17.7 Å². The average molecular weight is 378 g/mol. The molecule has 3 rings (SSSR count). The van der Waals surface area contributed by atoms with Gasteiger partial charge in [0.15, 0.2) is 0 Å². The molecule has 146 valence electrons. The van der Waals surface area contributed by atoms with Gasteiger partial charge in [0.25, 0.3) is 5.56 Å². The minimum absolute atomic E-state index is 0.0834. The van der Waals surface area contributed by atoms with Gasteiger partial charge in [0, 0.05) is 26.3 Å². The molecule has 0 unspecified atom stereocenters. The molecule has 0 saturated carbocycles. The molecule has 0 atom stereocenters. The van der Waals surface area contributed by atoms with Crippen molar-refractivity contribution in [2.75, 3.05) is 32.6 Å². The molecule has 0 amide bonds. The van der Waals surface area contributed by atoms with Gasteiger partial charge in [0.05, 0.1) is 18.0 Å². The highest BCUT2D eigenvalue weighted by Gasteiger charge is 2.10. The lowest BCUT2D eigenvalue weighted by atomic mass is 10.1. The SMILES string of the molecule is COc1ccc2nc(C=Cc3ccc(N(C)C)cc3)n(CCCN)c(=O)c2c1. The second kappa shape index (κ2) is 8.71. The van der Waals surface area contributed by atoms with Crippen LogP contribution in [0.1, 0.15) is 17.8 Å². The first-order valence-electron chi connectivity index (χ1n) is 9.27. The Labute approximate surface area is 164 Å². The van der Waals surface area contributed by atoms with Gasteiger partial charge >= 0.3 is 0 Å². The Hall–Kier alpha value is -3.12. The van der Waals surface area contributed by atoms with Crippen LogP contribution in [0.3, 0.4) is 0 Å². The van der Waals surface area contributed by atoms with Crippen LogP contribution < -0.4 is 20.9 Å². The Morgan fingerprint density at radius 3 is 2.54 bits per heavy atom. The molecule has 0 radical (unpaired) electrons. The summed E-state index contributed by atoms with van der Waals surface area (Å²) in [7, 11) is 5.60. The Kier molecular flexibility index (Phi) is 6.11. The van der Waals surface area contributed by atoms with Crippen molar-refractivity contribution in [3.05, 3.63) is 64.2 Å². The number of hydrogen-bond donors (Lipinski definition) is 1. The van der Waals surface area contributed by atoms with Crippen molar-refractivity contribution in [3.8, 4) is 5.75 Å². The monoisotopic (exact) mass is 378 g/mol. The fourth-order valence-electron chi connectivity index (χ4n) is 2.99. The van der Waals surface area contributed by atoms with Crippen molar-refractivity contribution in [2.24, 2.45) is 5.73 Å². The highest BCUT2D eigenvalue weighted by molar-refractivity contribution is 5.81. The molecule has 1 heterocycles. The van der Waals surface area contributed by atoms with E-state index in [2.05, 4.69) is 17.0 Å². The summed E-state index contributed by atoms with van der Waals surface area (Å²) >= 11 is 0. The lowest BCUT2D eigenvalue weighted by Crippen LogP contribution is -2.25. The Morgan fingerprint density at radius 2 is 1.89 bits per heavy atom. The molecule has 0 aliphatic rings. The smallest absolute Gasteiger partial charge is 0.261 e. The predicted octanol–water partition coefficient (Wildman–Crippen LogP) is 2.99. The van der Waals surface area contributed by atoms with Crippen LogP contribution in [0.2, 0.25) is 0 Å². The maximum absolute atomic E-state index is 13.0. The summed E-state index contributed by atoms with van der Waals surface area (Å²) in [6.45, 7) is 1.03. The van der Waals surface area contributed by atoms with E-state index in [-0.39, 0.29) is 5.56 Å². The molecular formula is C22H26N4O2. The molecule has 0 fully saturated rings. The zero-order valence-electron chi connectivity index (χ0n) is 16.6. The van der Waals surface area contributed by atoms with E-state index in [9.17, 15) is 4.79 Å². The highest BCUT2D eigenvalue weighted by Crippen LogP contribution is 2.18. The molecule has 3 aromatic rings. The second-order valence-corrected chi connectivity index (χ2v) is 6.77. The van der Waals surface area contributed by atoms with E-state index in [0.717, 1.165) is 11.3 Å². The fourth-order valence-corrected chi connectivity index (χ4v) is 2.99. The zero-order valence-corrected chi connectivity index (χ0v) is 16.6. The number of ether oxygens (including phenoxy) is 1. The van der Waals surface area contributed by atoms with Crippen LogP contribution >= 0.6 is 0 Å². The first kappa shape index (κ1) is 19.6. The molecule has 6 heteroatoms. The summed E-state index contributed by atoms with van der Waals surface area (Å²) in [5.74, 6) is 1.26. The van der Waals surface area contributed by atoms with Crippen LogP contribution in [0.5, 0.6) is 5.75 Å². The van der Waals surface area contributed by atoms with E-state index in [1.807, 2.05) is 50.5 Å². The number of nitrogens with zero attached hydrogens (tertiary/aromatic N) is 3. The van der Waals surface area contributed by atoms with Gasteiger partial charge in [-0.25, -0.2) is 4.98 Å². The third-order valence-electron chi connectivity index (χ3n) is 4.61. The number of hydrogen-bond acceptors (Lipinski definition) is 5. The van der Waals surface area contributed by atoms with Gasteiger partial charge in [-0.2, -0.15) is 0 Å². The number of aromatic nitrogens is 2. The number of fused-ring (bicyclic) bond motifs is 1. The van der Waals surface area contributed by atoms with Gasteiger partial charge in [-0.05, 0) is 54.9 Å². The Bertz CT molecular complexity index is 1040. The minimum atomic E-state index is -0.0834. The summed E-state index contributed by atoms with van der Waals surface area (Å²) in [6, 6.07) is 13.6. The van der Waals surface area contributed by atoms with Crippen molar-refractivity contribution in [2.45, 2.75) is 13.0 Å². The second-order valence-electron chi connectivity index (χ2n) is 6.77. The summed E-state index contributed by atoms with van der Waals surface area (Å²) < 4.78 is 6.93.